The summed E-state index contributed by atoms with van der Waals surface area (Å²) in [6, 6.07) is 5.83. The van der Waals surface area contributed by atoms with Crippen molar-refractivity contribution in [1.82, 2.24) is 25.2 Å². The minimum absolute atomic E-state index is 0.111. The number of aryl methyl sites for hydroxylation is 1. The molecule has 0 aliphatic heterocycles. The minimum Gasteiger partial charge on any atom is -0.484 e. The maximum Gasteiger partial charge on any atom is 0.257 e. The monoisotopic (exact) mass is 429 g/mol. The van der Waals surface area contributed by atoms with Gasteiger partial charge in [0.1, 0.15) is 11.6 Å². The van der Waals surface area contributed by atoms with E-state index in [1.165, 1.54) is 43.1 Å². The average Bonchev–Trinajstić information content (AvgIpc) is 3.09. The third-order valence-electron chi connectivity index (χ3n) is 3.33. The van der Waals surface area contributed by atoms with Gasteiger partial charge in [-0.1, -0.05) is 11.8 Å². The number of methoxy groups -OCH3 is 1. The Kier molecular flexibility index (Phi) is 8.70. The fraction of sp³-hybridized carbons (Fsp3) is 0.438. The van der Waals surface area contributed by atoms with Crippen molar-refractivity contribution in [3.63, 3.8) is 0 Å². The summed E-state index contributed by atoms with van der Waals surface area (Å²) in [5.74, 6) is 1.50. The van der Waals surface area contributed by atoms with E-state index in [1.807, 2.05) is 6.92 Å². The zero-order valence-electron chi connectivity index (χ0n) is 15.6. The van der Waals surface area contributed by atoms with Crippen molar-refractivity contribution < 1.29 is 22.7 Å². The molecule has 0 fully saturated rings. The Hall–Kier alpha value is -2.15. The number of hydrogen-bond donors (Lipinski definition) is 3. The van der Waals surface area contributed by atoms with Crippen LogP contribution in [-0.2, 0) is 19.6 Å². The van der Waals surface area contributed by atoms with Gasteiger partial charge in [-0.3, -0.25) is 9.89 Å². The number of rotatable bonds is 12. The van der Waals surface area contributed by atoms with Gasteiger partial charge in [0, 0.05) is 26.0 Å². The fourth-order valence-electron chi connectivity index (χ4n) is 2.00. The van der Waals surface area contributed by atoms with Crippen LogP contribution in [0.2, 0.25) is 0 Å². The lowest BCUT2D eigenvalue weighted by atomic mass is 10.3. The minimum atomic E-state index is -3.60. The molecule has 0 atom stereocenters. The van der Waals surface area contributed by atoms with Gasteiger partial charge in [-0.05, 0) is 31.2 Å². The third kappa shape index (κ3) is 7.46. The number of hydrogen-bond acceptors (Lipinski definition) is 8. The molecule has 154 valence electrons. The highest BCUT2D eigenvalue weighted by Gasteiger charge is 2.13. The van der Waals surface area contributed by atoms with Crippen LogP contribution in [0.25, 0.3) is 0 Å². The smallest absolute Gasteiger partial charge is 0.257 e. The summed E-state index contributed by atoms with van der Waals surface area (Å²) >= 11 is 1.43. The van der Waals surface area contributed by atoms with Crippen molar-refractivity contribution in [2.45, 2.75) is 17.0 Å². The first-order valence-electron chi connectivity index (χ1n) is 8.40. The van der Waals surface area contributed by atoms with E-state index >= 15 is 0 Å². The molecule has 12 heteroatoms. The molecule has 1 heterocycles. The van der Waals surface area contributed by atoms with E-state index in [4.69, 9.17) is 9.47 Å². The molecule has 0 unspecified atom stereocenters. The Morgan fingerprint density at radius 1 is 1.25 bits per heavy atom. The number of benzene rings is 1. The van der Waals surface area contributed by atoms with E-state index in [0.717, 1.165) is 5.82 Å². The molecule has 0 aliphatic carbocycles. The van der Waals surface area contributed by atoms with Crippen molar-refractivity contribution in [2.75, 3.05) is 39.2 Å². The second kappa shape index (κ2) is 11.0. The number of ether oxygens (including phenoxy) is 2. The third-order valence-corrected chi connectivity index (χ3v) is 5.66. The SMILES string of the molecule is COCCNS(=O)(=O)c1ccc(OCC(=O)NCCSc2n[nH]c(C)n2)cc1. The summed E-state index contributed by atoms with van der Waals surface area (Å²) in [7, 11) is -2.10. The lowest BCUT2D eigenvalue weighted by molar-refractivity contribution is -0.122. The van der Waals surface area contributed by atoms with Gasteiger partial charge in [0.15, 0.2) is 6.61 Å². The molecule has 2 rings (SSSR count). The lowest BCUT2D eigenvalue weighted by Crippen LogP contribution is -2.30. The number of H-pyrrole nitrogens is 1. The first kappa shape index (κ1) is 22.1. The molecule has 1 aromatic heterocycles. The quantitative estimate of drug-likeness (QED) is 0.324. The van der Waals surface area contributed by atoms with Crippen LogP contribution in [0.5, 0.6) is 5.75 Å². The number of nitrogens with zero attached hydrogens (tertiary/aromatic N) is 2. The van der Waals surface area contributed by atoms with Crippen LogP contribution in [-0.4, -0.2) is 68.7 Å². The van der Waals surface area contributed by atoms with Gasteiger partial charge in [0.2, 0.25) is 15.2 Å². The Morgan fingerprint density at radius 2 is 2.00 bits per heavy atom. The topological polar surface area (TPSA) is 135 Å². The number of carbonyl (C=O) groups excluding carboxylic acids is 1. The van der Waals surface area contributed by atoms with Crippen molar-refractivity contribution in [3.8, 4) is 5.75 Å². The summed E-state index contributed by atoms with van der Waals surface area (Å²) in [5, 5.41) is 10.1. The standard InChI is InChI=1S/C16H23N5O5S2/c1-12-19-16(21-20-12)27-10-8-17-15(22)11-26-13-3-5-14(6-4-13)28(23,24)18-7-9-25-2/h3-6,18H,7-11H2,1-2H3,(H,17,22)(H,19,20,21). The number of sulfonamides is 1. The Morgan fingerprint density at radius 3 is 2.64 bits per heavy atom. The van der Waals surface area contributed by atoms with E-state index in [9.17, 15) is 13.2 Å². The zero-order chi connectivity index (χ0) is 20.4. The summed E-state index contributed by atoms with van der Waals surface area (Å²) < 4.78 is 36.7. The van der Waals surface area contributed by atoms with E-state index < -0.39 is 10.0 Å². The van der Waals surface area contributed by atoms with Gasteiger partial charge in [-0.15, -0.1) is 5.10 Å². The number of thioether (sulfide) groups is 1. The molecule has 0 aliphatic rings. The maximum atomic E-state index is 12.1. The summed E-state index contributed by atoms with van der Waals surface area (Å²) in [6.45, 7) is 2.57. The summed E-state index contributed by atoms with van der Waals surface area (Å²) in [4.78, 5) is 16.1. The first-order chi connectivity index (χ1) is 13.4. The van der Waals surface area contributed by atoms with Crippen molar-refractivity contribution in [2.24, 2.45) is 0 Å². The molecule has 0 spiro atoms. The number of nitrogens with one attached hydrogen (secondary N) is 3. The van der Waals surface area contributed by atoms with E-state index in [1.54, 1.807) is 0 Å². The van der Waals surface area contributed by atoms with Crippen molar-refractivity contribution >= 4 is 27.7 Å². The van der Waals surface area contributed by atoms with E-state index in [0.29, 0.717) is 23.2 Å². The summed E-state index contributed by atoms with van der Waals surface area (Å²) in [6.07, 6.45) is 0. The molecule has 10 nitrogen and oxygen atoms in total. The largest absolute Gasteiger partial charge is 0.484 e. The maximum absolute atomic E-state index is 12.1. The van der Waals surface area contributed by atoms with Gasteiger partial charge < -0.3 is 14.8 Å². The second-order valence-electron chi connectivity index (χ2n) is 5.55. The van der Waals surface area contributed by atoms with Crippen molar-refractivity contribution in [3.05, 3.63) is 30.1 Å². The molecule has 0 bridgehead atoms. The fourth-order valence-corrected chi connectivity index (χ4v) is 3.71. The number of aromatic nitrogens is 3. The Balaban J connectivity index is 1.69. The van der Waals surface area contributed by atoms with Crippen molar-refractivity contribution in [1.29, 1.82) is 0 Å². The first-order valence-corrected chi connectivity index (χ1v) is 10.9. The number of carbonyl (C=O) groups is 1. The van der Waals surface area contributed by atoms with E-state index in [2.05, 4.69) is 25.2 Å². The van der Waals surface area contributed by atoms with Crippen LogP contribution in [0, 0.1) is 6.92 Å². The van der Waals surface area contributed by atoms with Crippen LogP contribution in [0.3, 0.4) is 0 Å². The Labute approximate surface area is 167 Å². The highest BCUT2D eigenvalue weighted by Crippen LogP contribution is 2.15. The van der Waals surface area contributed by atoms with Gasteiger partial charge in [0.05, 0.1) is 11.5 Å². The molecule has 3 N–H and O–H groups in total. The van der Waals surface area contributed by atoms with Crippen LogP contribution >= 0.6 is 11.8 Å². The van der Waals surface area contributed by atoms with Crippen LogP contribution in [0.1, 0.15) is 5.82 Å². The molecule has 0 radical (unpaired) electrons. The Bertz CT molecular complexity index is 855. The number of amides is 1. The molecule has 0 saturated heterocycles. The molecule has 1 amide bonds. The zero-order valence-corrected chi connectivity index (χ0v) is 17.2. The normalized spacial score (nSPS) is 11.4. The van der Waals surface area contributed by atoms with Gasteiger partial charge in [-0.2, -0.15) is 0 Å². The lowest BCUT2D eigenvalue weighted by Gasteiger charge is -2.09. The predicted molar refractivity (Wildman–Crippen MR) is 104 cm³/mol. The molecule has 0 saturated carbocycles. The highest BCUT2D eigenvalue weighted by atomic mass is 32.2. The van der Waals surface area contributed by atoms with Crippen LogP contribution < -0.4 is 14.8 Å². The summed E-state index contributed by atoms with van der Waals surface area (Å²) in [5.41, 5.74) is 0. The number of aromatic amines is 1. The molecule has 28 heavy (non-hydrogen) atoms. The van der Waals surface area contributed by atoms with E-state index in [-0.39, 0.29) is 30.6 Å². The van der Waals surface area contributed by atoms with Gasteiger partial charge in [0.25, 0.3) is 5.91 Å². The van der Waals surface area contributed by atoms with Gasteiger partial charge in [-0.25, -0.2) is 18.1 Å². The van der Waals surface area contributed by atoms with Crippen LogP contribution in [0.15, 0.2) is 34.3 Å². The average molecular weight is 430 g/mol. The molecular formula is C16H23N5O5S2. The van der Waals surface area contributed by atoms with Crippen LogP contribution in [0.4, 0.5) is 0 Å². The molecular weight excluding hydrogens is 406 g/mol. The predicted octanol–water partition coefficient (Wildman–Crippen LogP) is 0.325. The molecule has 1 aromatic carbocycles. The highest BCUT2D eigenvalue weighted by molar-refractivity contribution is 7.99. The van der Waals surface area contributed by atoms with Gasteiger partial charge >= 0.3 is 0 Å². The second-order valence-corrected chi connectivity index (χ2v) is 8.38. The molecule has 2 aromatic rings.